The van der Waals surface area contributed by atoms with Gasteiger partial charge in [0, 0.05) is 18.2 Å². The number of ether oxygens (including phenoxy) is 2. The van der Waals surface area contributed by atoms with Crippen LogP contribution in [0.5, 0.6) is 5.75 Å². The third-order valence-electron chi connectivity index (χ3n) is 6.47. The van der Waals surface area contributed by atoms with Crippen molar-refractivity contribution in [2.24, 2.45) is 10.8 Å². The molecule has 1 unspecified atom stereocenters. The van der Waals surface area contributed by atoms with Gasteiger partial charge in [-0.15, -0.1) is 0 Å². The first kappa shape index (κ1) is 20.0. The highest BCUT2D eigenvalue weighted by Crippen LogP contribution is 2.73. The maximum absolute atomic E-state index is 11.2. The first-order chi connectivity index (χ1) is 14.4. The Morgan fingerprint density at radius 3 is 2.63 bits per heavy atom. The lowest BCUT2D eigenvalue weighted by molar-refractivity contribution is -0.231. The van der Waals surface area contributed by atoms with E-state index in [-0.39, 0.29) is 17.1 Å². The summed E-state index contributed by atoms with van der Waals surface area (Å²) >= 11 is 0. The SMILES string of the molecule is CS(=O)(=O)OCC12CC(COc3ccc(-c4ccnn4C4CCCCO4)nc3)(C1)C2. The number of rotatable bonds is 8. The predicted octanol–water partition coefficient (Wildman–Crippen LogP) is 3.17. The van der Waals surface area contributed by atoms with E-state index in [9.17, 15) is 8.42 Å². The topological polar surface area (TPSA) is 92.5 Å². The van der Waals surface area contributed by atoms with Crippen LogP contribution in [0.3, 0.4) is 0 Å². The Labute approximate surface area is 176 Å². The Balaban J connectivity index is 1.16. The third kappa shape index (κ3) is 3.86. The molecule has 1 aliphatic heterocycles. The van der Waals surface area contributed by atoms with E-state index in [1.807, 2.05) is 22.9 Å². The molecule has 3 heterocycles. The van der Waals surface area contributed by atoms with Crippen molar-refractivity contribution in [3.8, 4) is 17.1 Å². The zero-order valence-electron chi connectivity index (χ0n) is 17.1. The number of hydrogen-bond donors (Lipinski definition) is 0. The molecular weight excluding hydrogens is 406 g/mol. The molecule has 0 radical (unpaired) electrons. The zero-order valence-corrected chi connectivity index (χ0v) is 17.9. The van der Waals surface area contributed by atoms with Gasteiger partial charge in [-0.1, -0.05) is 0 Å². The fourth-order valence-electron chi connectivity index (χ4n) is 5.29. The van der Waals surface area contributed by atoms with Crippen molar-refractivity contribution in [2.45, 2.75) is 44.8 Å². The fraction of sp³-hybridized carbons (Fsp3) is 0.619. The maximum atomic E-state index is 11.2. The van der Waals surface area contributed by atoms with Crippen LogP contribution in [0.2, 0.25) is 0 Å². The molecule has 9 heteroatoms. The van der Waals surface area contributed by atoms with Crippen LogP contribution >= 0.6 is 0 Å². The quantitative estimate of drug-likeness (QED) is 0.590. The monoisotopic (exact) mass is 433 g/mol. The van der Waals surface area contributed by atoms with E-state index in [2.05, 4.69) is 10.1 Å². The van der Waals surface area contributed by atoms with Crippen molar-refractivity contribution in [2.75, 3.05) is 26.1 Å². The number of hydrogen-bond acceptors (Lipinski definition) is 7. The summed E-state index contributed by atoms with van der Waals surface area (Å²) in [4.78, 5) is 4.58. The van der Waals surface area contributed by atoms with E-state index < -0.39 is 10.1 Å². The van der Waals surface area contributed by atoms with Gasteiger partial charge in [0.15, 0.2) is 6.23 Å². The largest absolute Gasteiger partial charge is 0.491 e. The number of aromatic nitrogens is 3. The first-order valence-electron chi connectivity index (χ1n) is 10.4. The van der Waals surface area contributed by atoms with E-state index in [1.165, 1.54) is 0 Å². The molecule has 3 saturated carbocycles. The van der Waals surface area contributed by atoms with Crippen LogP contribution in [-0.2, 0) is 19.0 Å². The van der Waals surface area contributed by atoms with Crippen molar-refractivity contribution >= 4 is 10.1 Å². The Morgan fingerprint density at radius 1 is 1.17 bits per heavy atom. The van der Waals surface area contributed by atoms with E-state index in [0.717, 1.165) is 68.5 Å². The molecule has 4 aliphatic rings. The van der Waals surface area contributed by atoms with Crippen molar-refractivity contribution in [3.05, 3.63) is 30.6 Å². The molecule has 30 heavy (non-hydrogen) atoms. The molecule has 6 rings (SSSR count). The van der Waals surface area contributed by atoms with Crippen LogP contribution in [0.15, 0.2) is 30.6 Å². The predicted molar refractivity (Wildman–Crippen MR) is 109 cm³/mol. The van der Waals surface area contributed by atoms with Gasteiger partial charge in [-0.3, -0.25) is 9.17 Å². The fourth-order valence-corrected chi connectivity index (χ4v) is 5.75. The van der Waals surface area contributed by atoms with Crippen molar-refractivity contribution in [3.63, 3.8) is 0 Å². The maximum Gasteiger partial charge on any atom is 0.264 e. The van der Waals surface area contributed by atoms with Crippen molar-refractivity contribution in [1.29, 1.82) is 0 Å². The van der Waals surface area contributed by atoms with E-state index in [0.29, 0.717) is 13.2 Å². The van der Waals surface area contributed by atoms with Gasteiger partial charge in [-0.25, -0.2) is 4.68 Å². The minimum atomic E-state index is -3.37. The molecule has 2 aromatic rings. The number of nitrogens with zero attached hydrogens (tertiary/aromatic N) is 3. The summed E-state index contributed by atoms with van der Waals surface area (Å²) in [6, 6.07) is 5.85. The summed E-state index contributed by atoms with van der Waals surface area (Å²) in [6.07, 6.45) is 10.7. The van der Waals surface area contributed by atoms with Gasteiger partial charge in [0.1, 0.15) is 5.75 Å². The molecule has 0 N–H and O–H groups in total. The second-order valence-electron chi connectivity index (χ2n) is 9.15. The second-order valence-corrected chi connectivity index (χ2v) is 10.8. The molecule has 2 bridgehead atoms. The van der Waals surface area contributed by atoms with E-state index in [4.69, 9.17) is 13.7 Å². The summed E-state index contributed by atoms with van der Waals surface area (Å²) in [5, 5.41) is 4.44. The summed E-state index contributed by atoms with van der Waals surface area (Å²) < 4.78 is 41.1. The Kier molecular flexibility index (Phi) is 4.87. The smallest absolute Gasteiger partial charge is 0.264 e. The Hall–Kier alpha value is -1.97. The summed E-state index contributed by atoms with van der Waals surface area (Å²) in [5.41, 5.74) is 1.99. The molecule has 1 atom stereocenters. The van der Waals surface area contributed by atoms with Crippen LogP contribution in [0, 0.1) is 10.8 Å². The van der Waals surface area contributed by atoms with Gasteiger partial charge in [0.25, 0.3) is 10.1 Å². The minimum Gasteiger partial charge on any atom is -0.491 e. The van der Waals surface area contributed by atoms with Crippen molar-refractivity contribution < 1.29 is 22.1 Å². The van der Waals surface area contributed by atoms with Crippen LogP contribution in [0.1, 0.15) is 44.8 Å². The Morgan fingerprint density at radius 2 is 1.97 bits per heavy atom. The zero-order chi connectivity index (χ0) is 20.8. The average Bonchev–Trinajstić information content (AvgIpc) is 3.16. The van der Waals surface area contributed by atoms with Crippen LogP contribution in [-0.4, -0.2) is 49.3 Å². The summed E-state index contributed by atoms with van der Waals surface area (Å²) in [5.74, 6) is 0.741. The molecule has 3 aliphatic carbocycles. The molecule has 162 valence electrons. The van der Waals surface area contributed by atoms with Crippen LogP contribution in [0.25, 0.3) is 11.4 Å². The highest BCUT2D eigenvalue weighted by molar-refractivity contribution is 7.85. The van der Waals surface area contributed by atoms with Gasteiger partial charge in [0.2, 0.25) is 0 Å². The molecule has 2 aromatic heterocycles. The molecule has 8 nitrogen and oxygen atoms in total. The molecule has 0 spiro atoms. The lowest BCUT2D eigenvalue weighted by atomic mass is 9.36. The highest BCUT2D eigenvalue weighted by atomic mass is 32.2. The summed E-state index contributed by atoms with van der Waals surface area (Å²) in [6.45, 7) is 1.69. The third-order valence-corrected chi connectivity index (χ3v) is 7.02. The molecule has 1 saturated heterocycles. The molecule has 0 aromatic carbocycles. The lowest BCUT2D eigenvalue weighted by Gasteiger charge is -2.70. The highest BCUT2D eigenvalue weighted by Gasteiger charge is 2.68. The second kappa shape index (κ2) is 7.32. The Bertz CT molecular complexity index is 992. The molecule has 4 fully saturated rings. The van der Waals surface area contributed by atoms with Crippen molar-refractivity contribution in [1.82, 2.24) is 14.8 Å². The van der Waals surface area contributed by atoms with E-state index in [1.54, 1.807) is 12.4 Å². The van der Waals surface area contributed by atoms with Crippen LogP contribution in [0.4, 0.5) is 0 Å². The standard InChI is InChI=1S/C21H27N3O5S/c1-30(25,26)29-15-21-11-20(12-21,13-21)14-28-16-5-6-17(22-10-16)18-7-8-23-24(18)19-4-2-3-9-27-19/h5-8,10,19H,2-4,9,11-15H2,1H3. The van der Waals surface area contributed by atoms with Gasteiger partial charge in [0.05, 0.1) is 37.1 Å². The van der Waals surface area contributed by atoms with Gasteiger partial charge in [-0.2, -0.15) is 13.5 Å². The normalized spacial score (nSPS) is 30.4. The van der Waals surface area contributed by atoms with Gasteiger partial charge >= 0.3 is 0 Å². The number of pyridine rings is 1. The average molecular weight is 434 g/mol. The molecular formula is C21H27N3O5S. The summed E-state index contributed by atoms with van der Waals surface area (Å²) in [7, 11) is -3.37. The van der Waals surface area contributed by atoms with Crippen LogP contribution < -0.4 is 4.74 Å². The first-order valence-corrected chi connectivity index (χ1v) is 12.3. The van der Waals surface area contributed by atoms with Gasteiger partial charge in [-0.05, 0) is 62.1 Å². The minimum absolute atomic E-state index is 0.0234. The van der Waals surface area contributed by atoms with E-state index >= 15 is 0 Å². The van der Waals surface area contributed by atoms with Gasteiger partial charge < -0.3 is 9.47 Å². The lowest BCUT2D eigenvalue weighted by Crippen LogP contribution is -2.66. The molecule has 0 amide bonds.